The fourth-order valence-electron chi connectivity index (χ4n) is 3.56. The Kier molecular flexibility index (Phi) is 6.35. The van der Waals surface area contributed by atoms with Crippen LogP contribution in [0.1, 0.15) is 15.9 Å². The first-order valence-corrected chi connectivity index (χ1v) is 10.2. The van der Waals surface area contributed by atoms with Crippen molar-refractivity contribution in [3.05, 3.63) is 94.3 Å². The highest BCUT2D eigenvalue weighted by Gasteiger charge is 2.20. The maximum Gasteiger partial charge on any atom is 0.244 e. The molecule has 9 heteroatoms. The van der Waals surface area contributed by atoms with Crippen LogP contribution in [0.2, 0.25) is 0 Å². The number of ketones is 1. The number of hydrogen-bond acceptors (Lipinski definition) is 6. The molecule has 2 aromatic carbocycles. The molecule has 0 atom stereocenters. The lowest BCUT2D eigenvalue weighted by molar-refractivity contribution is -0.116. The minimum absolute atomic E-state index is 0.111. The number of rotatable bonds is 7. The monoisotopic (exact) mass is 461 g/mol. The lowest BCUT2D eigenvalue weighted by Crippen LogP contribution is -2.24. The minimum atomic E-state index is -0.507. The van der Waals surface area contributed by atoms with Crippen LogP contribution in [0.4, 0.5) is 10.1 Å². The number of fused-ring (bicyclic) bond motifs is 1. The van der Waals surface area contributed by atoms with Crippen molar-refractivity contribution in [2.24, 2.45) is 0 Å². The highest BCUT2D eigenvalue weighted by atomic mass is 19.1. The topological polar surface area (TPSA) is 99.5 Å². The van der Waals surface area contributed by atoms with Crippen LogP contribution in [0.5, 0.6) is 11.5 Å². The molecule has 0 aliphatic heterocycles. The zero-order valence-corrected chi connectivity index (χ0v) is 18.4. The van der Waals surface area contributed by atoms with Crippen molar-refractivity contribution in [1.82, 2.24) is 9.55 Å². The van der Waals surface area contributed by atoms with Gasteiger partial charge < -0.3 is 19.4 Å². The third-order valence-corrected chi connectivity index (χ3v) is 5.21. The van der Waals surface area contributed by atoms with Gasteiger partial charge in [-0.25, -0.2) is 4.39 Å². The number of aromatic nitrogens is 2. The largest absolute Gasteiger partial charge is 0.493 e. The summed E-state index contributed by atoms with van der Waals surface area (Å²) in [6.07, 6.45) is 4.26. The number of carbonyl (C=O) groups is 2. The number of methoxy groups -OCH3 is 2. The van der Waals surface area contributed by atoms with Gasteiger partial charge in [-0.15, -0.1) is 0 Å². The predicted octanol–water partition coefficient (Wildman–Crippen LogP) is 3.42. The molecule has 172 valence electrons. The number of amides is 1. The number of hydrogen-bond donors (Lipinski definition) is 1. The molecule has 2 aromatic heterocycles. The van der Waals surface area contributed by atoms with Gasteiger partial charge in [0.25, 0.3) is 0 Å². The smallest absolute Gasteiger partial charge is 0.244 e. The van der Waals surface area contributed by atoms with E-state index in [0.29, 0.717) is 22.7 Å². The Morgan fingerprint density at radius 2 is 1.65 bits per heavy atom. The summed E-state index contributed by atoms with van der Waals surface area (Å²) < 4.78 is 25.3. The second kappa shape index (κ2) is 9.53. The summed E-state index contributed by atoms with van der Waals surface area (Å²) in [5.41, 5.74) is 0.454. The van der Waals surface area contributed by atoms with Gasteiger partial charge in [0, 0.05) is 35.9 Å². The third-order valence-electron chi connectivity index (χ3n) is 5.21. The van der Waals surface area contributed by atoms with Crippen LogP contribution in [0, 0.1) is 5.82 Å². The van der Waals surface area contributed by atoms with E-state index in [1.54, 1.807) is 6.07 Å². The first kappa shape index (κ1) is 22.7. The fraction of sp³-hybridized carbons (Fsp3) is 0.120. The normalized spacial score (nSPS) is 10.7. The molecule has 34 heavy (non-hydrogen) atoms. The minimum Gasteiger partial charge on any atom is -0.493 e. The average molecular weight is 461 g/mol. The highest BCUT2D eigenvalue weighted by Crippen LogP contribution is 2.31. The molecule has 2 heterocycles. The van der Waals surface area contributed by atoms with Crippen LogP contribution in [0.15, 0.2) is 71.9 Å². The second-order valence-electron chi connectivity index (χ2n) is 7.34. The van der Waals surface area contributed by atoms with Gasteiger partial charge in [0.05, 0.1) is 30.7 Å². The molecule has 0 unspecified atom stereocenters. The Hall–Kier alpha value is -4.53. The summed E-state index contributed by atoms with van der Waals surface area (Å²) in [7, 11) is 2.89. The van der Waals surface area contributed by atoms with E-state index in [2.05, 4.69) is 10.3 Å². The first-order chi connectivity index (χ1) is 16.4. The lowest BCUT2D eigenvalue weighted by Gasteiger charge is -2.16. The van der Waals surface area contributed by atoms with Crippen LogP contribution >= 0.6 is 0 Å². The molecule has 8 nitrogen and oxygen atoms in total. The van der Waals surface area contributed by atoms with E-state index >= 15 is 0 Å². The molecule has 0 fully saturated rings. The summed E-state index contributed by atoms with van der Waals surface area (Å²) in [5, 5.41) is 2.86. The van der Waals surface area contributed by atoms with Gasteiger partial charge in [-0.2, -0.15) is 0 Å². The maximum absolute atomic E-state index is 13.3. The zero-order valence-electron chi connectivity index (χ0n) is 18.4. The van der Waals surface area contributed by atoms with Gasteiger partial charge in [0.1, 0.15) is 12.4 Å². The van der Waals surface area contributed by atoms with Crippen LogP contribution in [-0.4, -0.2) is 35.5 Å². The summed E-state index contributed by atoms with van der Waals surface area (Å²) in [4.78, 5) is 43.1. The van der Waals surface area contributed by atoms with Crippen LogP contribution < -0.4 is 20.2 Å². The van der Waals surface area contributed by atoms with E-state index in [-0.39, 0.29) is 23.1 Å². The number of nitrogens with one attached hydrogen (secondary N) is 1. The van der Waals surface area contributed by atoms with Gasteiger partial charge >= 0.3 is 0 Å². The Bertz CT molecular complexity index is 1430. The van der Waals surface area contributed by atoms with E-state index in [1.807, 2.05) is 0 Å². The van der Waals surface area contributed by atoms with Gasteiger partial charge in [0.15, 0.2) is 17.3 Å². The number of benzene rings is 2. The summed E-state index contributed by atoms with van der Waals surface area (Å²) in [6.45, 7) is -0.222. The molecule has 0 spiro atoms. The van der Waals surface area contributed by atoms with Crippen LogP contribution in [0.25, 0.3) is 10.9 Å². The van der Waals surface area contributed by atoms with Crippen molar-refractivity contribution < 1.29 is 23.5 Å². The molecule has 0 aliphatic carbocycles. The molecule has 0 bridgehead atoms. The van der Waals surface area contributed by atoms with E-state index in [0.717, 1.165) is 0 Å². The quantitative estimate of drug-likeness (QED) is 0.424. The van der Waals surface area contributed by atoms with E-state index in [4.69, 9.17) is 9.47 Å². The number of pyridine rings is 2. The van der Waals surface area contributed by atoms with E-state index in [1.165, 1.54) is 79.8 Å². The fourth-order valence-corrected chi connectivity index (χ4v) is 3.56. The highest BCUT2D eigenvalue weighted by molar-refractivity contribution is 6.10. The van der Waals surface area contributed by atoms with Crippen LogP contribution in [-0.2, 0) is 11.3 Å². The van der Waals surface area contributed by atoms with Crippen molar-refractivity contribution in [3.8, 4) is 11.5 Å². The number of anilines is 1. The third kappa shape index (κ3) is 4.49. The number of ether oxygens (including phenoxy) is 2. The van der Waals surface area contributed by atoms with Gasteiger partial charge in [-0.3, -0.25) is 19.4 Å². The molecule has 0 saturated carbocycles. The lowest BCUT2D eigenvalue weighted by atomic mass is 10.0. The van der Waals surface area contributed by atoms with E-state index in [9.17, 15) is 18.8 Å². The zero-order chi connectivity index (χ0) is 24.2. The molecule has 0 radical (unpaired) electrons. The van der Waals surface area contributed by atoms with Crippen molar-refractivity contribution in [3.63, 3.8) is 0 Å². The summed E-state index contributed by atoms with van der Waals surface area (Å²) in [5.74, 6) is -0.701. The van der Waals surface area contributed by atoms with E-state index < -0.39 is 22.9 Å². The van der Waals surface area contributed by atoms with Crippen molar-refractivity contribution in [2.45, 2.75) is 6.54 Å². The summed E-state index contributed by atoms with van der Waals surface area (Å²) in [6, 6.07) is 11.4. The van der Waals surface area contributed by atoms with Crippen LogP contribution in [0.3, 0.4) is 0 Å². The molecule has 1 amide bonds. The number of nitrogens with zero attached hydrogens (tertiary/aromatic N) is 2. The average Bonchev–Trinajstić information content (AvgIpc) is 2.86. The second-order valence-corrected chi connectivity index (χ2v) is 7.34. The van der Waals surface area contributed by atoms with Gasteiger partial charge in [0.2, 0.25) is 11.3 Å². The molecule has 4 aromatic rings. The standard InChI is InChI=1S/C25H20FN3O5/c1-33-21-11-18-20(12-22(21)34-2)29(14-23(30)28-17-5-3-16(26)4-6-17)13-19(25(18)32)24(31)15-7-9-27-10-8-15/h3-13H,14H2,1-2H3,(H,28,30). The molecular formula is C25H20FN3O5. The van der Waals surface area contributed by atoms with Crippen molar-refractivity contribution in [2.75, 3.05) is 19.5 Å². The molecule has 1 N–H and O–H groups in total. The number of halogens is 1. The molecule has 0 aliphatic rings. The van der Waals surface area contributed by atoms with Crippen molar-refractivity contribution in [1.29, 1.82) is 0 Å². The Morgan fingerprint density at radius 3 is 2.29 bits per heavy atom. The Balaban J connectivity index is 1.83. The predicted molar refractivity (Wildman–Crippen MR) is 124 cm³/mol. The Morgan fingerprint density at radius 1 is 1.00 bits per heavy atom. The van der Waals surface area contributed by atoms with Gasteiger partial charge in [-0.1, -0.05) is 0 Å². The maximum atomic E-state index is 13.3. The SMILES string of the molecule is COc1cc2c(=O)c(C(=O)c3ccncc3)cn(CC(=O)Nc3ccc(F)cc3)c2cc1OC. The Labute approximate surface area is 193 Å². The van der Waals surface area contributed by atoms with Gasteiger partial charge in [-0.05, 0) is 42.5 Å². The molecule has 4 rings (SSSR count). The molecule has 0 saturated heterocycles. The summed E-state index contributed by atoms with van der Waals surface area (Å²) >= 11 is 0. The molecular weight excluding hydrogens is 441 g/mol. The first-order valence-electron chi connectivity index (χ1n) is 10.2. The van der Waals surface area contributed by atoms with Crippen molar-refractivity contribution >= 4 is 28.3 Å². The number of carbonyl (C=O) groups excluding carboxylic acids is 2.